The summed E-state index contributed by atoms with van der Waals surface area (Å²) in [6.45, 7) is 5.67. The Hall–Kier alpha value is -0.360. The van der Waals surface area contributed by atoms with Crippen LogP contribution in [0.1, 0.15) is 20.3 Å². The number of nitrogens with zero attached hydrogens (tertiary/aromatic N) is 2. The average molecular weight is 332 g/mol. The lowest BCUT2D eigenvalue weighted by Gasteiger charge is -2.25. The summed E-state index contributed by atoms with van der Waals surface area (Å²) in [5.74, 6) is 1.37. The number of halogens is 1. The van der Waals surface area contributed by atoms with Gasteiger partial charge in [-0.2, -0.15) is 0 Å². The van der Waals surface area contributed by atoms with Crippen LogP contribution in [0.3, 0.4) is 0 Å². The molecule has 3 nitrogen and oxygen atoms in total. The van der Waals surface area contributed by atoms with Gasteiger partial charge in [0.1, 0.15) is 5.82 Å². The summed E-state index contributed by atoms with van der Waals surface area (Å²) >= 11 is 2.30. The maximum Gasteiger partial charge on any atom is 0.129 e. The summed E-state index contributed by atoms with van der Waals surface area (Å²) in [7, 11) is 0. The molecule has 2 rings (SSSR count). The van der Waals surface area contributed by atoms with E-state index in [1.54, 1.807) is 0 Å². The average Bonchev–Trinajstić information content (AvgIpc) is 2.65. The van der Waals surface area contributed by atoms with E-state index in [1.807, 2.05) is 26.1 Å². The van der Waals surface area contributed by atoms with E-state index in [4.69, 9.17) is 0 Å². The van der Waals surface area contributed by atoms with Gasteiger partial charge in [0, 0.05) is 28.8 Å². The summed E-state index contributed by atoms with van der Waals surface area (Å²) in [5, 5.41) is 9.99. The van der Waals surface area contributed by atoms with Crippen LogP contribution < -0.4 is 4.90 Å². The largest absolute Gasteiger partial charge is 0.390 e. The molecule has 88 valence electrons. The van der Waals surface area contributed by atoms with Crippen LogP contribution in [0.15, 0.2) is 18.3 Å². The first kappa shape index (κ1) is 12.1. The van der Waals surface area contributed by atoms with Gasteiger partial charge in [0.2, 0.25) is 0 Å². The zero-order chi connectivity index (χ0) is 11.8. The Balaban J connectivity index is 2.09. The Kier molecular flexibility index (Phi) is 3.39. The van der Waals surface area contributed by atoms with Crippen LogP contribution in [-0.4, -0.2) is 28.8 Å². The molecule has 1 unspecified atom stereocenters. The molecule has 1 aliphatic heterocycles. The van der Waals surface area contributed by atoms with Gasteiger partial charge in [-0.05, 0) is 55.0 Å². The van der Waals surface area contributed by atoms with Crippen molar-refractivity contribution in [3.63, 3.8) is 0 Å². The minimum absolute atomic E-state index is 0.340. The van der Waals surface area contributed by atoms with Crippen LogP contribution in [0.25, 0.3) is 0 Å². The number of anilines is 1. The second-order valence-corrected chi connectivity index (χ2v) is 6.16. The van der Waals surface area contributed by atoms with E-state index < -0.39 is 5.60 Å². The molecule has 0 spiro atoms. The molecule has 4 heteroatoms. The van der Waals surface area contributed by atoms with Crippen LogP contribution in [0.4, 0.5) is 5.82 Å². The third-order valence-corrected chi connectivity index (χ3v) is 3.89. The summed E-state index contributed by atoms with van der Waals surface area (Å²) in [4.78, 5) is 6.63. The Morgan fingerprint density at radius 3 is 2.88 bits per heavy atom. The van der Waals surface area contributed by atoms with Gasteiger partial charge in [0.15, 0.2) is 0 Å². The van der Waals surface area contributed by atoms with E-state index in [1.165, 1.54) is 3.57 Å². The summed E-state index contributed by atoms with van der Waals surface area (Å²) in [5.41, 5.74) is -0.587. The molecule has 0 radical (unpaired) electrons. The second-order valence-electron chi connectivity index (χ2n) is 4.92. The first-order valence-electron chi connectivity index (χ1n) is 5.55. The lowest BCUT2D eigenvalue weighted by molar-refractivity contribution is 0.0263. The lowest BCUT2D eigenvalue weighted by Crippen LogP contribution is -2.33. The molecule has 1 aliphatic rings. The highest BCUT2D eigenvalue weighted by molar-refractivity contribution is 14.1. The van der Waals surface area contributed by atoms with Crippen LogP contribution in [0.2, 0.25) is 0 Å². The molecule has 1 N–H and O–H groups in total. The summed E-state index contributed by atoms with van der Waals surface area (Å²) in [6.07, 6.45) is 2.88. The van der Waals surface area contributed by atoms with Crippen molar-refractivity contribution in [1.82, 2.24) is 4.98 Å². The van der Waals surface area contributed by atoms with E-state index in [2.05, 4.69) is 38.5 Å². The van der Waals surface area contributed by atoms with Crippen molar-refractivity contribution in [2.24, 2.45) is 5.92 Å². The first-order chi connectivity index (χ1) is 7.47. The maximum atomic E-state index is 9.99. The van der Waals surface area contributed by atoms with Crippen molar-refractivity contribution in [2.75, 3.05) is 18.0 Å². The fraction of sp³-hybridized carbons (Fsp3) is 0.583. The van der Waals surface area contributed by atoms with Gasteiger partial charge in [-0.25, -0.2) is 4.98 Å². The topological polar surface area (TPSA) is 36.4 Å². The molecule has 0 amide bonds. The quantitative estimate of drug-likeness (QED) is 0.845. The molecule has 1 fully saturated rings. The minimum atomic E-state index is -0.587. The fourth-order valence-corrected chi connectivity index (χ4v) is 2.55. The van der Waals surface area contributed by atoms with E-state index in [0.717, 1.165) is 25.3 Å². The minimum Gasteiger partial charge on any atom is -0.390 e. The van der Waals surface area contributed by atoms with Gasteiger partial charge in [-0.3, -0.25) is 0 Å². The molecule has 0 aromatic carbocycles. The Bertz CT molecular complexity index is 376. The molecular weight excluding hydrogens is 315 g/mol. The third-order valence-electron chi connectivity index (χ3n) is 3.22. The standard InChI is InChI=1S/C12H17IN2O/c1-12(2,16)9-4-6-15(8-9)11-7-10(13)3-5-14-11/h3,5,7,9,16H,4,6,8H2,1-2H3. The molecule has 16 heavy (non-hydrogen) atoms. The summed E-state index contributed by atoms with van der Waals surface area (Å²) in [6, 6.07) is 4.08. The van der Waals surface area contributed by atoms with Crippen LogP contribution in [0, 0.1) is 9.49 Å². The number of hydrogen-bond acceptors (Lipinski definition) is 3. The van der Waals surface area contributed by atoms with Crippen molar-refractivity contribution in [3.8, 4) is 0 Å². The third kappa shape index (κ3) is 2.66. The Labute approximate surface area is 110 Å². The number of rotatable bonds is 2. The maximum absolute atomic E-state index is 9.99. The molecule has 0 aliphatic carbocycles. The molecule has 1 aromatic rings. The number of hydrogen-bond donors (Lipinski definition) is 1. The normalized spacial score (nSPS) is 21.5. The van der Waals surface area contributed by atoms with Gasteiger partial charge in [-0.15, -0.1) is 0 Å². The predicted molar refractivity (Wildman–Crippen MR) is 73.6 cm³/mol. The van der Waals surface area contributed by atoms with E-state index >= 15 is 0 Å². The highest BCUT2D eigenvalue weighted by Gasteiger charge is 2.33. The second kappa shape index (κ2) is 4.49. The zero-order valence-corrected chi connectivity index (χ0v) is 11.8. The number of aromatic nitrogens is 1. The highest BCUT2D eigenvalue weighted by atomic mass is 127. The molecule has 0 bridgehead atoms. The monoisotopic (exact) mass is 332 g/mol. The van der Waals surface area contributed by atoms with Crippen molar-refractivity contribution < 1.29 is 5.11 Å². The van der Waals surface area contributed by atoms with Gasteiger partial charge in [0.05, 0.1) is 5.60 Å². The van der Waals surface area contributed by atoms with Crippen LogP contribution in [0.5, 0.6) is 0 Å². The predicted octanol–water partition coefficient (Wildman–Crippen LogP) is 2.28. The molecule has 2 heterocycles. The number of aliphatic hydroxyl groups is 1. The molecule has 0 saturated carbocycles. The fourth-order valence-electron chi connectivity index (χ4n) is 2.11. The van der Waals surface area contributed by atoms with Gasteiger partial charge in [0.25, 0.3) is 0 Å². The van der Waals surface area contributed by atoms with Crippen molar-refractivity contribution in [2.45, 2.75) is 25.9 Å². The van der Waals surface area contributed by atoms with Crippen LogP contribution >= 0.6 is 22.6 Å². The van der Waals surface area contributed by atoms with Gasteiger partial charge < -0.3 is 10.0 Å². The van der Waals surface area contributed by atoms with E-state index in [0.29, 0.717) is 5.92 Å². The smallest absolute Gasteiger partial charge is 0.129 e. The lowest BCUT2D eigenvalue weighted by atomic mass is 9.90. The number of pyridine rings is 1. The van der Waals surface area contributed by atoms with Gasteiger partial charge in [-0.1, -0.05) is 0 Å². The van der Waals surface area contributed by atoms with E-state index in [-0.39, 0.29) is 0 Å². The molecule has 1 aromatic heterocycles. The SMILES string of the molecule is CC(C)(O)C1CCN(c2cc(I)ccn2)C1. The van der Waals surface area contributed by atoms with Crippen LogP contribution in [-0.2, 0) is 0 Å². The molecule has 1 saturated heterocycles. The summed E-state index contributed by atoms with van der Waals surface area (Å²) < 4.78 is 1.20. The Morgan fingerprint density at radius 1 is 1.56 bits per heavy atom. The zero-order valence-electron chi connectivity index (χ0n) is 9.65. The molecular formula is C12H17IN2O. The van der Waals surface area contributed by atoms with E-state index in [9.17, 15) is 5.11 Å². The van der Waals surface area contributed by atoms with Crippen molar-refractivity contribution in [3.05, 3.63) is 21.9 Å². The first-order valence-corrected chi connectivity index (χ1v) is 6.63. The highest BCUT2D eigenvalue weighted by Crippen LogP contribution is 2.29. The van der Waals surface area contributed by atoms with Crippen molar-refractivity contribution >= 4 is 28.4 Å². The van der Waals surface area contributed by atoms with Gasteiger partial charge >= 0.3 is 0 Å². The Morgan fingerprint density at radius 2 is 2.31 bits per heavy atom. The van der Waals surface area contributed by atoms with Crippen molar-refractivity contribution in [1.29, 1.82) is 0 Å². The molecule has 1 atom stereocenters.